The number of furan rings is 1. The van der Waals surface area contributed by atoms with E-state index in [4.69, 9.17) is 27.6 Å². The molecule has 2 aromatic carbocycles. The number of hydrogen-bond donors (Lipinski definition) is 3. The molecule has 3 amide bonds. The molecule has 1 aliphatic heterocycles. The predicted molar refractivity (Wildman–Crippen MR) is 142 cm³/mol. The van der Waals surface area contributed by atoms with Crippen molar-refractivity contribution in [2.75, 3.05) is 6.54 Å². The van der Waals surface area contributed by atoms with E-state index in [2.05, 4.69) is 10.6 Å². The predicted octanol–water partition coefficient (Wildman–Crippen LogP) is 4.57. The molecule has 4 aromatic rings. The van der Waals surface area contributed by atoms with Gasteiger partial charge in [-0.15, -0.1) is 11.3 Å². The number of nitrogens with zero attached hydrogens (tertiary/aromatic N) is 1. The number of nitrogens with one attached hydrogen (secondary N) is 2. The molecule has 1 unspecified atom stereocenters. The normalized spacial score (nSPS) is 13.6. The van der Waals surface area contributed by atoms with Crippen LogP contribution in [0.1, 0.15) is 41.5 Å². The fourth-order valence-electron chi connectivity index (χ4n) is 4.28. The van der Waals surface area contributed by atoms with Gasteiger partial charge in [-0.3, -0.25) is 14.4 Å². The van der Waals surface area contributed by atoms with Gasteiger partial charge in [0.05, 0.1) is 26.7 Å². The molecule has 1 atom stereocenters. The van der Waals surface area contributed by atoms with E-state index in [-0.39, 0.29) is 28.1 Å². The van der Waals surface area contributed by atoms with Gasteiger partial charge in [0.1, 0.15) is 5.58 Å². The number of carboxylic acid groups (broad SMARTS) is 1. The van der Waals surface area contributed by atoms with Crippen LogP contribution in [0, 0.1) is 0 Å². The molecule has 194 valence electrons. The molecule has 0 saturated carbocycles. The second kappa shape index (κ2) is 10.5. The van der Waals surface area contributed by atoms with Gasteiger partial charge in [-0.2, -0.15) is 0 Å². The summed E-state index contributed by atoms with van der Waals surface area (Å²) in [6.07, 6.45) is 0.210. The van der Waals surface area contributed by atoms with Crippen LogP contribution >= 0.6 is 34.5 Å². The minimum absolute atomic E-state index is 0.00808. The van der Waals surface area contributed by atoms with Crippen molar-refractivity contribution in [2.24, 2.45) is 0 Å². The first kappa shape index (κ1) is 25.8. The van der Waals surface area contributed by atoms with Crippen molar-refractivity contribution in [2.45, 2.75) is 19.1 Å². The van der Waals surface area contributed by atoms with Gasteiger partial charge >= 0.3 is 5.97 Å². The zero-order valence-corrected chi connectivity index (χ0v) is 21.8. The lowest BCUT2D eigenvalue weighted by Gasteiger charge is -2.30. The number of aliphatic carboxylic acids is 1. The summed E-state index contributed by atoms with van der Waals surface area (Å²) < 4.78 is 5.40. The van der Waals surface area contributed by atoms with Gasteiger partial charge in [0, 0.05) is 24.0 Å². The van der Waals surface area contributed by atoms with Crippen LogP contribution in [0.4, 0.5) is 0 Å². The standard InChI is InChI=1S/C26H19Cl2N3O6S/c27-17-10-15-12-31(25(34)14-4-3-13-6-8-37-18(13)11-14)7-5-16(15)21(28)20(17)24(33)30-22(26(35)36)29-23(32)19-2-1-9-38-19/h1-4,6,8-11,22H,5,7,12H2,(H,29,32)(H,30,33)(H,35,36). The Morgan fingerprint density at radius 2 is 1.84 bits per heavy atom. The van der Waals surface area contributed by atoms with Crippen molar-refractivity contribution in [1.29, 1.82) is 0 Å². The van der Waals surface area contributed by atoms with Crippen LogP contribution in [0.2, 0.25) is 10.0 Å². The Morgan fingerprint density at radius 3 is 2.58 bits per heavy atom. The Hall–Kier alpha value is -3.86. The van der Waals surface area contributed by atoms with E-state index in [0.29, 0.717) is 40.1 Å². The highest BCUT2D eigenvalue weighted by Crippen LogP contribution is 2.35. The van der Waals surface area contributed by atoms with Crippen molar-refractivity contribution in [1.82, 2.24) is 15.5 Å². The quantitative estimate of drug-likeness (QED) is 0.291. The van der Waals surface area contributed by atoms with Crippen molar-refractivity contribution in [3.8, 4) is 0 Å². The summed E-state index contributed by atoms with van der Waals surface area (Å²) in [4.78, 5) is 52.1. The first-order valence-corrected chi connectivity index (χ1v) is 13.0. The smallest absolute Gasteiger partial charge is 0.347 e. The van der Waals surface area contributed by atoms with Crippen molar-refractivity contribution < 1.29 is 28.7 Å². The summed E-state index contributed by atoms with van der Waals surface area (Å²) >= 11 is 14.1. The van der Waals surface area contributed by atoms with Crippen molar-refractivity contribution in [3.05, 3.63) is 91.3 Å². The first-order valence-electron chi connectivity index (χ1n) is 11.4. The van der Waals surface area contributed by atoms with Crippen LogP contribution in [-0.4, -0.2) is 46.4 Å². The molecule has 0 radical (unpaired) electrons. The minimum atomic E-state index is -1.71. The summed E-state index contributed by atoms with van der Waals surface area (Å²) in [5.41, 5.74) is 2.30. The Balaban J connectivity index is 1.34. The van der Waals surface area contributed by atoms with E-state index in [0.717, 1.165) is 16.7 Å². The van der Waals surface area contributed by atoms with E-state index >= 15 is 0 Å². The number of amides is 3. The van der Waals surface area contributed by atoms with Gasteiger partial charge < -0.3 is 25.1 Å². The largest absolute Gasteiger partial charge is 0.478 e. The van der Waals surface area contributed by atoms with Crippen LogP contribution in [0.15, 0.2) is 58.5 Å². The highest BCUT2D eigenvalue weighted by Gasteiger charge is 2.30. The molecule has 0 spiro atoms. The highest BCUT2D eigenvalue weighted by molar-refractivity contribution is 7.12. The summed E-state index contributed by atoms with van der Waals surface area (Å²) in [6, 6.07) is 11.8. The van der Waals surface area contributed by atoms with Crippen LogP contribution in [0.25, 0.3) is 11.0 Å². The summed E-state index contributed by atoms with van der Waals surface area (Å²) in [5.74, 6) is -3.15. The molecule has 3 N–H and O–H groups in total. The number of halogens is 2. The zero-order chi connectivity index (χ0) is 27.0. The molecule has 2 aromatic heterocycles. The van der Waals surface area contributed by atoms with E-state index in [1.54, 1.807) is 40.8 Å². The maximum absolute atomic E-state index is 13.1. The number of thiophene rings is 1. The van der Waals surface area contributed by atoms with Crippen molar-refractivity contribution >= 4 is 69.2 Å². The monoisotopic (exact) mass is 571 g/mol. The SMILES string of the molecule is O=C(NC(NC(=O)c1c(Cl)cc2c(c1Cl)CCN(C(=O)c1ccc3ccoc3c1)C2)C(=O)O)c1cccs1. The molecule has 9 nitrogen and oxygen atoms in total. The van der Waals surface area contributed by atoms with Gasteiger partial charge in [0.2, 0.25) is 6.17 Å². The first-order chi connectivity index (χ1) is 18.2. The number of carbonyl (C=O) groups excluding carboxylic acids is 3. The van der Waals surface area contributed by atoms with E-state index in [1.807, 2.05) is 12.1 Å². The van der Waals surface area contributed by atoms with E-state index in [1.165, 1.54) is 6.07 Å². The second-order valence-electron chi connectivity index (χ2n) is 8.53. The Bertz CT molecular complexity index is 1580. The Morgan fingerprint density at radius 1 is 1.05 bits per heavy atom. The second-order valence-corrected chi connectivity index (χ2v) is 10.3. The number of carboxylic acids is 1. The van der Waals surface area contributed by atoms with Gasteiger partial charge in [-0.25, -0.2) is 4.79 Å². The third kappa shape index (κ3) is 4.98. The third-order valence-corrected chi connectivity index (χ3v) is 7.75. The van der Waals surface area contributed by atoms with E-state index < -0.39 is 23.9 Å². The van der Waals surface area contributed by atoms with Gasteiger partial charge in [0.15, 0.2) is 0 Å². The Labute approximate surface area is 229 Å². The molecular weight excluding hydrogens is 553 g/mol. The lowest BCUT2D eigenvalue weighted by atomic mass is 9.96. The summed E-state index contributed by atoms with van der Waals surface area (Å²) in [7, 11) is 0. The molecule has 38 heavy (non-hydrogen) atoms. The molecular formula is C26H19Cl2N3O6S. The molecule has 0 fully saturated rings. The summed E-state index contributed by atoms with van der Waals surface area (Å²) in [5, 5.41) is 16.7. The Kier molecular flexibility index (Phi) is 7.11. The molecule has 0 saturated heterocycles. The lowest BCUT2D eigenvalue weighted by Crippen LogP contribution is -2.52. The van der Waals surface area contributed by atoms with Gasteiger partial charge in [-0.1, -0.05) is 35.3 Å². The van der Waals surface area contributed by atoms with Crippen LogP contribution in [0.5, 0.6) is 0 Å². The fourth-order valence-corrected chi connectivity index (χ4v) is 5.67. The molecule has 1 aliphatic rings. The topological polar surface area (TPSA) is 129 Å². The average Bonchev–Trinajstić information content (AvgIpc) is 3.59. The number of benzene rings is 2. The number of rotatable bonds is 6. The number of hydrogen-bond acceptors (Lipinski definition) is 6. The van der Waals surface area contributed by atoms with E-state index in [9.17, 15) is 24.3 Å². The molecule has 12 heteroatoms. The van der Waals surface area contributed by atoms with Crippen LogP contribution < -0.4 is 10.6 Å². The van der Waals surface area contributed by atoms with Gasteiger partial charge in [0.25, 0.3) is 17.7 Å². The molecule has 0 aliphatic carbocycles. The van der Waals surface area contributed by atoms with Crippen LogP contribution in [-0.2, 0) is 17.8 Å². The molecule has 5 rings (SSSR count). The highest BCUT2D eigenvalue weighted by atomic mass is 35.5. The van der Waals surface area contributed by atoms with Gasteiger partial charge in [-0.05, 0) is 53.3 Å². The fraction of sp³-hybridized carbons (Fsp3) is 0.154. The minimum Gasteiger partial charge on any atom is -0.478 e. The average molecular weight is 572 g/mol. The third-order valence-electron chi connectivity index (χ3n) is 6.16. The maximum atomic E-state index is 13.1. The maximum Gasteiger partial charge on any atom is 0.347 e. The molecule has 0 bridgehead atoms. The summed E-state index contributed by atoms with van der Waals surface area (Å²) in [6.45, 7) is 0.569. The number of carbonyl (C=O) groups is 4. The zero-order valence-electron chi connectivity index (χ0n) is 19.5. The number of fused-ring (bicyclic) bond motifs is 2. The lowest BCUT2D eigenvalue weighted by molar-refractivity contribution is -0.139. The van der Waals surface area contributed by atoms with Crippen molar-refractivity contribution in [3.63, 3.8) is 0 Å². The molecule has 3 heterocycles. The van der Waals surface area contributed by atoms with Crippen LogP contribution in [0.3, 0.4) is 0 Å².